The quantitative estimate of drug-likeness (QED) is 0.860. The molecular weight excluding hydrogens is 326 g/mol. The summed E-state index contributed by atoms with van der Waals surface area (Å²) in [6, 6.07) is 12.7. The largest absolute Gasteiger partial charge is 0.496 e. The van der Waals surface area contributed by atoms with Crippen LogP contribution in [0.3, 0.4) is 0 Å². The molecule has 0 saturated carbocycles. The smallest absolute Gasteiger partial charge is 0.127 e. The molecule has 5 nitrogen and oxygen atoms in total. The highest BCUT2D eigenvalue weighted by atomic mass is 16.5. The highest BCUT2D eigenvalue weighted by molar-refractivity contribution is 5.57. The number of ether oxygens (including phenoxy) is 2. The predicted molar refractivity (Wildman–Crippen MR) is 108 cm³/mol. The maximum absolute atomic E-state index is 5.53. The van der Waals surface area contributed by atoms with Crippen molar-refractivity contribution in [3.8, 4) is 11.5 Å². The first-order valence-corrected chi connectivity index (χ1v) is 9.09. The first-order chi connectivity index (χ1) is 12.6. The normalized spacial score (nSPS) is 15.0. The summed E-state index contributed by atoms with van der Waals surface area (Å²) < 4.78 is 11.1. The van der Waals surface area contributed by atoms with Crippen LogP contribution in [0.1, 0.15) is 11.1 Å². The van der Waals surface area contributed by atoms with E-state index in [9.17, 15) is 0 Å². The van der Waals surface area contributed by atoms with Crippen LogP contribution < -0.4 is 19.7 Å². The molecule has 1 saturated heterocycles. The van der Waals surface area contributed by atoms with Gasteiger partial charge in [-0.25, -0.2) is 0 Å². The second-order valence-corrected chi connectivity index (χ2v) is 6.84. The van der Waals surface area contributed by atoms with E-state index in [1.807, 2.05) is 19.1 Å². The van der Waals surface area contributed by atoms with Crippen molar-refractivity contribution >= 4 is 11.4 Å². The van der Waals surface area contributed by atoms with Crippen molar-refractivity contribution in [2.45, 2.75) is 13.5 Å². The molecule has 3 rings (SSSR count). The Labute approximate surface area is 156 Å². The molecule has 1 fully saturated rings. The van der Waals surface area contributed by atoms with Crippen LogP contribution >= 0.6 is 0 Å². The monoisotopic (exact) mass is 355 g/mol. The Hall–Kier alpha value is -2.40. The molecular formula is C21H29N3O2. The number of hydrogen-bond acceptors (Lipinski definition) is 5. The average molecular weight is 355 g/mol. The van der Waals surface area contributed by atoms with Crippen LogP contribution in [0.15, 0.2) is 36.4 Å². The lowest BCUT2D eigenvalue weighted by atomic mass is 10.1. The number of nitrogens with one attached hydrogen (secondary N) is 1. The predicted octanol–water partition coefficient (Wildman–Crippen LogP) is 3.38. The Morgan fingerprint density at radius 3 is 2.04 bits per heavy atom. The highest BCUT2D eigenvalue weighted by Crippen LogP contribution is 2.31. The molecule has 5 heteroatoms. The molecule has 2 aromatic rings. The molecule has 0 aliphatic carbocycles. The van der Waals surface area contributed by atoms with Crippen LogP contribution in [0.25, 0.3) is 0 Å². The summed E-state index contributed by atoms with van der Waals surface area (Å²) in [5.74, 6) is 1.70. The number of piperazine rings is 1. The molecule has 0 atom stereocenters. The summed E-state index contributed by atoms with van der Waals surface area (Å²) in [7, 11) is 5.57. The summed E-state index contributed by atoms with van der Waals surface area (Å²) in [4.78, 5) is 4.81. The molecule has 0 bridgehead atoms. The number of nitrogens with zero attached hydrogens (tertiary/aromatic N) is 2. The average Bonchev–Trinajstić information content (AvgIpc) is 2.67. The minimum Gasteiger partial charge on any atom is -0.496 e. The fourth-order valence-corrected chi connectivity index (χ4v) is 3.33. The van der Waals surface area contributed by atoms with Crippen molar-refractivity contribution in [2.24, 2.45) is 0 Å². The van der Waals surface area contributed by atoms with Gasteiger partial charge in [0, 0.05) is 44.1 Å². The summed E-state index contributed by atoms with van der Waals surface area (Å²) in [5.41, 5.74) is 4.53. The van der Waals surface area contributed by atoms with Crippen LogP contribution in [0.4, 0.5) is 11.4 Å². The van der Waals surface area contributed by atoms with Gasteiger partial charge in [0.15, 0.2) is 0 Å². The lowest BCUT2D eigenvalue weighted by Gasteiger charge is -2.34. The van der Waals surface area contributed by atoms with Gasteiger partial charge in [0.2, 0.25) is 0 Å². The van der Waals surface area contributed by atoms with Gasteiger partial charge in [-0.15, -0.1) is 0 Å². The lowest BCUT2D eigenvalue weighted by molar-refractivity contribution is 0.313. The van der Waals surface area contributed by atoms with E-state index in [0.29, 0.717) is 6.54 Å². The maximum Gasteiger partial charge on any atom is 0.127 e. The summed E-state index contributed by atoms with van der Waals surface area (Å²) in [5, 5.41) is 3.48. The lowest BCUT2D eigenvalue weighted by Crippen LogP contribution is -2.44. The van der Waals surface area contributed by atoms with Gasteiger partial charge in [-0.1, -0.05) is 0 Å². The Bertz CT molecular complexity index is 698. The van der Waals surface area contributed by atoms with Crippen molar-refractivity contribution in [1.82, 2.24) is 4.90 Å². The zero-order valence-corrected chi connectivity index (χ0v) is 16.2. The first-order valence-electron chi connectivity index (χ1n) is 9.09. The molecule has 0 unspecified atom stereocenters. The molecule has 0 spiro atoms. The van der Waals surface area contributed by atoms with Crippen LogP contribution in [0, 0.1) is 6.92 Å². The van der Waals surface area contributed by atoms with Crippen molar-refractivity contribution in [3.05, 3.63) is 47.5 Å². The maximum atomic E-state index is 5.53. The molecule has 1 aliphatic rings. The van der Waals surface area contributed by atoms with E-state index >= 15 is 0 Å². The molecule has 140 valence electrons. The van der Waals surface area contributed by atoms with E-state index in [4.69, 9.17) is 9.47 Å². The Morgan fingerprint density at radius 1 is 0.923 bits per heavy atom. The number of aryl methyl sites for hydroxylation is 1. The third-order valence-corrected chi connectivity index (χ3v) is 4.96. The Morgan fingerprint density at radius 2 is 1.50 bits per heavy atom. The van der Waals surface area contributed by atoms with Gasteiger partial charge in [0.1, 0.15) is 11.5 Å². The van der Waals surface area contributed by atoms with Crippen LogP contribution in [0.2, 0.25) is 0 Å². The van der Waals surface area contributed by atoms with Gasteiger partial charge in [-0.2, -0.15) is 0 Å². The molecule has 1 heterocycles. The number of rotatable bonds is 6. The molecule has 2 aromatic carbocycles. The number of anilines is 2. The summed E-state index contributed by atoms with van der Waals surface area (Å²) in [6.45, 7) is 7.10. The fourth-order valence-electron chi connectivity index (χ4n) is 3.33. The Kier molecular flexibility index (Phi) is 5.89. The summed E-state index contributed by atoms with van der Waals surface area (Å²) >= 11 is 0. The SMILES string of the molecule is COc1cc(C)cc(OC)c1CNc1ccc(N2CCN(C)CC2)cc1. The molecule has 26 heavy (non-hydrogen) atoms. The summed E-state index contributed by atoms with van der Waals surface area (Å²) in [6.07, 6.45) is 0. The van der Waals surface area contributed by atoms with Gasteiger partial charge >= 0.3 is 0 Å². The molecule has 0 amide bonds. The topological polar surface area (TPSA) is 37.0 Å². The van der Waals surface area contributed by atoms with Gasteiger partial charge in [-0.3, -0.25) is 0 Å². The van der Waals surface area contributed by atoms with Crippen molar-refractivity contribution in [2.75, 3.05) is 57.7 Å². The van der Waals surface area contributed by atoms with E-state index in [-0.39, 0.29) is 0 Å². The van der Waals surface area contributed by atoms with Crippen molar-refractivity contribution in [3.63, 3.8) is 0 Å². The van der Waals surface area contributed by atoms with E-state index in [1.165, 1.54) is 5.69 Å². The fraction of sp³-hybridized carbons (Fsp3) is 0.429. The minimum absolute atomic E-state index is 0.653. The molecule has 0 radical (unpaired) electrons. The third-order valence-electron chi connectivity index (χ3n) is 4.96. The number of hydrogen-bond donors (Lipinski definition) is 1. The van der Waals surface area contributed by atoms with Crippen LogP contribution in [-0.4, -0.2) is 52.3 Å². The second-order valence-electron chi connectivity index (χ2n) is 6.84. The highest BCUT2D eigenvalue weighted by Gasteiger charge is 2.14. The Balaban J connectivity index is 1.67. The van der Waals surface area contributed by atoms with Crippen molar-refractivity contribution < 1.29 is 9.47 Å². The van der Waals surface area contributed by atoms with Gasteiger partial charge in [0.05, 0.1) is 19.8 Å². The second kappa shape index (κ2) is 8.32. The van der Waals surface area contributed by atoms with E-state index in [2.05, 4.69) is 46.4 Å². The minimum atomic E-state index is 0.653. The van der Waals surface area contributed by atoms with E-state index < -0.39 is 0 Å². The van der Waals surface area contributed by atoms with Crippen molar-refractivity contribution in [1.29, 1.82) is 0 Å². The van der Waals surface area contributed by atoms with Gasteiger partial charge in [0.25, 0.3) is 0 Å². The van der Waals surface area contributed by atoms with E-state index in [0.717, 1.165) is 54.5 Å². The van der Waals surface area contributed by atoms with Gasteiger partial charge < -0.3 is 24.6 Å². The standard InChI is InChI=1S/C21H29N3O2/c1-16-13-20(25-3)19(21(14-16)26-4)15-22-17-5-7-18(8-6-17)24-11-9-23(2)10-12-24/h5-8,13-14,22H,9-12,15H2,1-4H3. The zero-order chi connectivity index (χ0) is 18.5. The number of benzene rings is 2. The molecule has 1 N–H and O–H groups in total. The molecule has 0 aromatic heterocycles. The third kappa shape index (κ3) is 4.22. The van der Waals surface area contributed by atoms with Crippen LogP contribution in [-0.2, 0) is 6.54 Å². The van der Waals surface area contributed by atoms with Gasteiger partial charge in [-0.05, 0) is 55.9 Å². The van der Waals surface area contributed by atoms with Crippen LogP contribution in [0.5, 0.6) is 11.5 Å². The van der Waals surface area contributed by atoms with E-state index in [1.54, 1.807) is 14.2 Å². The number of methoxy groups -OCH3 is 2. The first kappa shape index (κ1) is 18.4. The molecule has 1 aliphatic heterocycles. The number of likely N-dealkylation sites (N-methyl/N-ethyl adjacent to an activating group) is 1. The zero-order valence-electron chi connectivity index (χ0n) is 16.2.